The number of benzene rings is 3. The van der Waals surface area contributed by atoms with Crippen molar-refractivity contribution < 1.29 is 14.1 Å². The molecule has 0 heterocycles. The van der Waals surface area contributed by atoms with E-state index in [1.54, 1.807) is 0 Å². The van der Waals surface area contributed by atoms with Gasteiger partial charge in [-0.3, -0.25) is 0 Å². The van der Waals surface area contributed by atoms with E-state index in [4.69, 9.17) is 4.18 Å². The Bertz CT molecular complexity index is 1180. The summed E-state index contributed by atoms with van der Waals surface area (Å²) in [6.45, 7) is 6.82. The van der Waals surface area contributed by atoms with Crippen molar-refractivity contribution in [2.45, 2.75) is 209 Å². The number of aryl methyl sites for hydroxylation is 3. The van der Waals surface area contributed by atoms with Gasteiger partial charge in [0.25, 0.3) is 0 Å². The fourth-order valence-electron chi connectivity index (χ4n) is 7.59. The zero-order valence-corrected chi connectivity index (χ0v) is 35.0. The summed E-state index contributed by atoms with van der Waals surface area (Å²) in [6.07, 6.45) is 33.4. The second kappa shape index (κ2) is 27.8. The maximum atomic E-state index is 12.6. The van der Waals surface area contributed by atoms with Crippen LogP contribution in [-0.4, -0.2) is 11.3 Å². The van der Waals surface area contributed by atoms with E-state index in [0.717, 1.165) is 33.9 Å². The van der Waals surface area contributed by atoms with Gasteiger partial charge in [0.15, 0.2) is 0 Å². The van der Waals surface area contributed by atoms with Gasteiger partial charge in [-0.25, -0.2) is 4.79 Å². The summed E-state index contributed by atoms with van der Waals surface area (Å²) in [4.78, 5) is 15.4. The molecule has 0 amide bonds. The van der Waals surface area contributed by atoms with Crippen LogP contribution in [0.25, 0.3) is 0 Å². The molecule has 1 N–H and O–H groups in total. The van der Waals surface area contributed by atoms with Crippen molar-refractivity contribution in [1.82, 2.24) is 0 Å². The fourth-order valence-corrected chi connectivity index (χ4v) is 10.5. The molecule has 3 aromatic carbocycles. The summed E-state index contributed by atoms with van der Waals surface area (Å²) in [5, 5.41) is 10.3. The van der Waals surface area contributed by atoms with Gasteiger partial charge in [0.1, 0.15) is 0 Å². The molecule has 0 aromatic heterocycles. The number of hydrogen-bond acceptors (Lipinski definition) is 2. The molecule has 0 radical (unpaired) electrons. The van der Waals surface area contributed by atoms with Crippen molar-refractivity contribution in [1.29, 1.82) is 0 Å². The van der Waals surface area contributed by atoms with Gasteiger partial charge in [0.05, 0.1) is 0 Å². The maximum Gasteiger partial charge on any atom is 0.517 e. The lowest BCUT2D eigenvalue weighted by Crippen LogP contribution is -2.12. The van der Waals surface area contributed by atoms with Gasteiger partial charge in [-0.15, -0.1) is 0 Å². The maximum absolute atomic E-state index is 12.6. The molecule has 296 valence electrons. The number of carbonyl (C=O) groups is 1. The lowest BCUT2D eigenvalue weighted by atomic mass is 10.0. The Kier molecular flexibility index (Phi) is 23.4. The Labute approximate surface area is 327 Å². The SMILES string of the molecule is CCCCCCCCCCc1ccc(S(OC(=O)O)(c2ccc(CCCCCCCCCC)cc2)c2ccc(CCCCCCCCCC)cc2)cc1. The minimum absolute atomic E-state index is 0.936. The molecule has 0 atom stereocenters. The molecular weight excluding hydrogens is 669 g/mol. The van der Waals surface area contributed by atoms with Crippen molar-refractivity contribution in [2.75, 3.05) is 0 Å². The van der Waals surface area contributed by atoms with Crippen molar-refractivity contribution in [3.8, 4) is 0 Å². The predicted octanol–water partition coefficient (Wildman–Crippen LogP) is 16.6. The van der Waals surface area contributed by atoms with Gasteiger partial charge < -0.3 is 9.29 Å². The first kappa shape index (κ1) is 44.7. The molecule has 3 nitrogen and oxygen atoms in total. The second-order valence-electron chi connectivity index (χ2n) is 15.5. The van der Waals surface area contributed by atoms with Crippen LogP contribution in [0.15, 0.2) is 87.5 Å². The summed E-state index contributed by atoms with van der Waals surface area (Å²) in [7, 11) is -2.50. The van der Waals surface area contributed by atoms with Crippen molar-refractivity contribution in [3.05, 3.63) is 89.5 Å². The van der Waals surface area contributed by atoms with E-state index in [0.29, 0.717) is 0 Å². The largest absolute Gasteiger partial charge is 0.517 e. The molecule has 0 aliphatic heterocycles. The third-order valence-electron chi connectivity index (χ3n) is 10.9. The van der Waals surface area contributed by atoms with Gasteiger partial charge in [-0.05, 0) is 102 Å². The Morgan fingerprint density at radius 3 is 0.849 bits per heavy atom. The van der Waals surface area contributed by atoms with Crippen LogP contribution in [0.1, 0.15) is 192 Å². The minimum Gasteiger partial charge on any atom is -0.449 e. The summed E-state index contributed by atoms with van der Waals surface area (Å²) in [6, 6.07) is 26.1. The number of rotatable bonds is 31. The van der Waals surface area contributed by atoms with E-state index < -0.39 is 16.5 Å². The summed E-state index contributed by atoms with van der Waals surface area (Å²) in [5.41, 5.74) is 3.93. The van der Waals surface area contributed by atoms with E-state index in [1.807, 2.05) is 0 Å². The molecule has 0 unspecified atom stereocenters. The molecular formula is C49H76O3S. The molecule has 3 rings (SSSR count). The topological polar surface area (TPSA) is 46.5 Å². The van der Waals surface area contributed by atoms with Crippen LogP contribution in [0.4, 0.5) is 4.79 Å². The normalized spacial score (nSPS) is 11.9. The van der Waals surface area contributed by atoms with Gasteiger partial charge in [0.2, 0.25) is 0 Å². The van der Waals surface area contributed by atoms with E-state index in [9.17, 15) is 9.90 Å². The van der Waals surface area contributed by atoms with E-state index in [1.165, 1.54) is 171 Å². The van der Waals surface area contributed by atoms with Crippen LogP contribution in [0.3, 0.4) is 0 Å². The van der Waals surface area contributed by atoms with Crippen LogP contribution in [-0.2, 0) is 23.4 Å². The molecule has 53 heavy (non-hydrogen) atoms. The Morgan fingerprint density at radius 2 is 0.623 bits per heavy atom. The Morgan fingerprint density at radius 1 is 0.396 bits per heavy atom. The highest BCUT2D eigenvalue weighted by atomic mass is 32.3. The zero-order chi connectivity index (χ0) is 37.8. The fraction of sp³-hybridized carbons (Fsp3) is 0.612. The molecule has 3 aromatic rings. The van der Waals surface area contributed by atoms with Crippen LogP contribution in [0.2, 0.25) is 0 Å². The summed E-state index contributed by atoms with van der Waals surface area (Å²) < 4.78 is 6.18. The molecule has 0 aliphatic carbocycles. The minimum atomic E-state index is -2.50. The third kappa shape index (κ3) is 17.1. The first-order chi connectivity index (χ1) is 26.0. The first-order valence-corrected chi connectivity index (χ1v) is 23.6. The zero-order valence-electron chi connectivity index (χ0n) is 34.2. The number of carboxylic acid groups (broad SMARTS) is 1. The van der Waals surface area contributed by atoms with Crippen LogP contribution < -0.4 is 0 Å². The second-order valence-corrected chi connectivity index (χ2v) is 18.2. The summed E-state index contributed by atoms with van der Waals surface area (Å²) in [5.74, 6) is 0. The smallest absolute Gasteiger partial charge is 0.449 e. The van der Waals surface area contributed by atoms with E-state index >= 15 is 0 Å². The highest BCUT2D eigenvalue weighted by Gasteiger charge is 2.36. The average molecular weight is 745 g/mol. The predicted molar refractivity (Wildman–Crippen MR) is 230 cm³/mol. The van der Waals surface area contributed by atoms with Gasteiger partial charge in [0, 0.05) is 14.7 Å². The molecule has 0 bridgehead atoms. The van der Waals surface area contributed by atoms with Crippen molar-refractivity contribution in [2.24, 2.45) is 0 Å². The lowest BCUT2D eigenvalue weighted by molar-refractivity contribution is 0.150. The van der Waals surface area contributed by atoms with Gasteiger partial charge in [-0.1, -0.05) is 192 Å². The third-order valence-corrected chi connectivity index (χ3v) is 14.1. The van der Waals surface area contributed by atoms with Crippen LogP contribution in [0, 0.1) is 0 Å². The van der Waals surface area contributed by atoms with Gasteiger partial charge >= 0.3 is 6.16 Å². The van der Waals surface area contributed by atoms with E-state index in [2.05, 4.69) is 93.6 Å². The van der Waals surface area contributed by atoms with Crippen LogP contribution in [0.5, 0.6) is 0 Å². The monoisotopic (exact) mass is 745 g/mol. The highest BCUT2D eigenvalue weighted by molar-refractivity contribution is 8.30. The quantitative estimate of drug-likeness (QED) is 0.0667. The number of unbranched alkanes of at least 4 members (excludes halogenated alkanes) is 21. The summed E-state index contributed by atoms with van der Waals surface area (Å²) >= 11 is 0. The van der Waals surface area contributed by atoms with E-state index in [-0.39, 0.29) is 0 Å². The highest BCUT2D eigenvalue weighted by Crippen LogP contribution is 2.69. The number of hydrogen-bond donors (Lipinski definition) is 1. The van der Waals surface area contributed by atoms with Crippen molar-refractivity contribution >= 4 is 16.5 Å². The molecule has 4 heteroatoms. The molecule has 0 aliphatic rings. The standard InChI is InChI=1S/C49H76O3S/c1-4-7-10-13-16-19-22-25-28-43-31-37-46(38-32-43)53(52-49(50)51,47-39-33-44(34-40-47)29-26-23-20-17-14-11-8-5-2)48-41-35-45(36-42-48)30-27-24-21-18-15-12-9-6-3/h31-42H,4-30H2,1-3H3,(H,50,51). The molecule has 0 saturated heterocycles. The van der Waals surface area contributed by atoms with Crippen LogP contribution >= 0.6 is 10.3 Å². The molecule has 0 spiro atoms. The van der Waals surface area contributed by atoms with Crippen molar-refractivity contribution in [3.63, 3.8) is 0 Å². The Hall–Kier alpha value is -2.72. The molecule has 0 fully saturated rings. The average Bonchev–Trinajstić information content (AvgIpc) is 3.18. The molecule has 0 saturated carbocycles. The van der Waals surface area contributed by atoms with Gasteiger partial charge in [-0.2, -0.15) is 0 Å². The lowest BCUT2D eigenvalue weighted by Gasteiger charge is -2.39. The first-order valence-electron chi connectivity index (χ1n) is 22.1. The Balaban J connectivity index is 1.76.